The molecule has 44 heavy (non-hydrogen) atoms. The molecule has 3 unspecified atom stereocenters. The predicted octanol–water partition coefficient (Wildman–Crippen LogP) is 7.39. The van der Waals surface area contributed by atoms with E-state index in [1.165, 1.54) is 31.8 Å². The summed E-state index contributed by atoms with van der Waals surface area (Å²) in [7, 11) is 0. The van der Waals surface area contributed by atoms with Crippen molar-refractivity contribution in [3.63, 3.8) is 0 Å². The lowest BCUT2D eigenvalue weighted by atomic mass is 9.33. The van der Waals surface area contributed by atoms with Crippen molar-refractivity contribution >= 4 is 17.7 Å². The molecule has 0 bridgehead atoms. The molecule has 5 aliphatic rings. The predicted molar refractivity (Wildman–Crippen MR) is 175 cm³/mol. The number of hydrogen-bond acceptors (Lipinski definition) is 5. The van der Waals surface area contributed by atoms with E-state index in [0.717, 1.165) is 51.4 Å². The van der Waals surface area contributed by atoms with Gasteiger partial charge in [-0.3, -0.25) is 14.4 Å². The van der Waals surface area contributed by atoms with E-state index in [-0.39, 0.29) is 51.2 Å². The number of allylic oxidation sites excluding steroid dienone is 2. The molecule has 0 radical (unpaired) electrons. The van der Waals surface area contributed by atoms with Gasteiger partial charge in [0.1, 0.15) is 6.10 Å². The van der Waals surface area contributed by atoms with Crippen LogP contribution in [0.4, 0.5) is 0 Å². The van der Waals surface area contributed by atoms with Crippen molar-refractivity contribution < 1.29 is 19.1 Å². The molecule has 0 saturated heterocycles. The van der Waals surface area contributed by atoms with E-state index in [0.29, 0.717) is 37.3 Å². The highest BCUT2D eigenvalue weighted by atomic mass is 16.5. The first-order chi connectivity index (χ1) is 20.6. The molecule has 0 heterocycles. The van der Waals surface area contributed by atoms with Crippen LogP contribution in [0, 0.1) is 56.7 Å². The molecule has 11 atom stereocenters. The minimum absolute atomic E-state index is 0.0220. The Hall–Kier alpha value is -1.69. The van der Waals surface area contributed by atoms with Crippen molar-refractivity contribution in [2.24, 2.45) is 62.4 Å². The number of carbonyl (C=O) groups excluding carboxylic acids is 3. The van der Waals surface area contributed by atoms with Gasteiger partial charge in [-0.15, -0.1) is 0 Å². The molecule has 4 fully saturated rings. The lowest BCUT2D eigenvalue weighted by Gasteiger charge is -2.70. The first kappa shape index (κ1) is 33.7. The number of ketones is 1. The van der Waals surface area contributed by atoms with Crippen LogP contribution in [-0.4, -0.2) is 36.9 Å². The van der Waals surface area contributed by atoms with Crippen molar-refractivity contribution in [2.75, 3.05) is 13.1 Å². The molecule has 6 heteroatoms. The zero-order valence-electron chi connectivity index (χ0n) is 29.2. The van der Waals surface area contributed by atoms with Gasteiger partial charge < -0.3 is 15.8 Å². The van der Waals surface area contributed by atoms with Crippen molar-refractivity contribution in [3.05, 3.63) is 11.6 Å². The molecule has 4 saturated carbocycles. The Kier molecular flexibility index (Phi) is 9.06. The van der Waals surface area contributed by atoms with Crippen LogP contribution in [0.2, 0.25) is 0 Å². The second-order valence-electron chi connectivity index (χ2n) is 17.2. The Balaban J connectivity index is 1.51. The smallest absolute Gasteiger partial charge is 0.302 e. The Bertz CT molecular complexity index is 1180. The molecule has 5 aliphatic carbocycles. The van der Waals surface area contributed by atoms with Crippen molar-refractivity contribution in [1.82, 2.24) is 5.32 Å². The first-order valence-electron chi connectivity index (χ1n) is 18.0. The van der Waals surface area contributed by atoms with E-state index < -0.39 is 11.5 Å². The number of nitrogens with one attached hydrogen (secondary N) is 1. The largest absolute Gasteiger partial charge is 0.461 e. The van der Waals surface area contributed by atoms with Crippen molar-refractivity contribution in [1.29, 1.82) is 0 Å². The number of amides is 1. The Labute approximate surface area is 267 Å². The van der Waals surface area contributed by atoms with E-state index >= 15 is 0 Å². The molecule has 3 N–H and O–H groups in total. The number of carbonyl (C=O) groups is 3. The molecular formula is C38H62N2O4. The summed E-state index contributed by atoms with van der Waals surface area (Å²) in [5.74, 6) is 1.43. The van der Waals surface area contributed by atoms with Crippen molar-refractivity contribution in [3.8, 4) is 0 Å². The Morgan fingerprint density at radius 1 is 0.932 bits per heavy atom. The van der Waals surface area contributed by atoms with Crippen LogP contribution in [0.25, 0.3) is 0 Å². The maximum atomic E-state index is 14.7. The highest BCUT2D eigenvalue weighted by Gasteiger charge is 2.72. The topological polar surface area (TPSA) is 98.5 Å². The highest BCUT2D eigenvalue weighted by Crippen LogP contribution is 2.75. The quantitative estimate of drug-likeness (QED) is 0.221. The third-order valence-corrected chi connectivity index (χ3v) is 15.0. The number of ether oxygens (including phenoxy) is 1. The molecule has 1 amide bonds. The summed E-state index contributed by atoms with van der Waals surface area (Å²) in [5, 5.41) is 3.25. The summed E-state index contributed by atoms with van der Waals surface area (Å²) in [6.45, 7) is 19.4. The fourth-order valence-electron chi connectivity index (χ4n) is 12.1. The number of hydrogen-bond donors (Lipinski definition) is 2. The molecule has 5 rings (SSSR count). The normalized spacial score (nSPS) is 46.5. The maximum absolute atomic E-state index is 14.7. The molecule has 0 aromatic carbocycles. The molecular weight excluding hydrogens is 548 g/mol. The minimum Gasteiger partial charge on any atom is -0.461 e. The van der Waals surface area contributed by atoms with Gasteiger partial charge in [0.05, 0.1) is 5.41 Å². The summed E-state index contributed by atoms with van der Waals surface area (Å²) in [6.07, 6.45) is 13.7. The SMILES string of the molecule is CC(=O)O[C@@H]1CC[C@@]2(C)C(CC[C@]3(C)C2C(=O)C=C2C4[C@@H](C)[C@H](C)CC[C@]4(C)CC[C@]23C)[C@@]1(C)C(=O)NCCCCCCN. The van der Waals surface area contributed by atoms with Crippen LogP contribution in [-0.2, 0) is 19.1 Å². The number of nitrogens with two attached hydrogens (primary N) is 1. The Morgan fingerprint density at radius 3 is 2.32 bits per heavy atom. The molecule has 0 aromatic rings. The van der Waals surface area contributed by atoms with E-state index in [1.54, 1.807) is 0 Å². The van der Waals surface area contributed by atoms with Crippen LogP contribution >= 0.6 is 0 Å². The van der Waals surface area contributed by atoms with Gasteiger partial charge in [-0.2, -0.15) is 0 Å². The van der Waals surface area contributed by atoms with E-state index in [9.17, 15) is 14.4 Å². The monoisotopic (exact) mass is 610 g/mol. The third kappa shape index (κ3) is 4.94. The number of fused-ring (bicyclic) bond motifs is 7. The molecule has 0 aliphatic heterocycles. The average Bonchev–Trinajstić information content (AvgIpc) is 2.95. The first-order valence-corrected chi connectivity index (χ1v) is 18.0. The van der Waals surface area contributed by atoms with Crippen LogP contribution in [0.5, 0.6) is 0 Å². The second kappa shape index (κ2) is 11.8. The summed E-state index contributed by atoms with van der Waals surface area (Å²) in [6, 6.07) is 0. The van der Waals surface area contributed by atoms with Gasteiger partial charge in [-0.1, -0.05) is 60.0 Å². The summed E-state index contributed by atoms with van der Waals surface area (Å²) in [5.41, 5.74) is 5.91. The zero-order valence-corrected chi connectivity index (χ0v) is 29.2. The van der Waals surface area contributed by atoms with Gasteiger partial charge >= 0.3 is 5.97 Å². The standard InChI is InChI=1S/C38H62N2O4/c1-24-13-16-34(4)19-20-36(6)27(31(34)25(24)2)23-28(42)32-35(5)17-15-30(44-26(3)41)38(8,29(35)14-18-37(32,36)7)33(43)40-22-12-10-9-11-21-39/h23-25,29-32H,9-22,39H2,1-8H3,(H,40,43)/t24-,25+,29?,30-,31?,32?,34-,35+,36-,37-,38-/m1/s1. The highest BCUT2D eigenvalue weighted by molar-refractivity contribution is 5.96. The maximum Gasteiger partial charge on any atom is 0.302 e. The fourth-order valence-corrected chi connectivity index (χ4v) is 12.1. The summed E-state index contributed by atoms with van der Waals surface area (Å²) < 4.78 is 5.96. The van der Waals surface area contributed by atoms with Crippen LogP contribution in [0.15, 0.2) is 11.6 Å². The van der Waals surface area contributed by atoms with E-state index in [1.807, 2.05) is 6.92 Å². The minimum atomic E-state index is -0.888. The number of esters is 1. The van der Waals surface area contributed by atoms with E-state index in [2.05, 4.69) is 52.9 Å². The second-order valence-corrected chi connectivity index (χ2v) is 17.2. The van der Waals surface area contributed by atoms with Gasteiger partial charge in [-0.25, -0.2) is 0 Å². The van der Waals surface area contributed by atoms with Gasteiger partial charge in [-0.05, 0) is 129 Å². The molecule has 248 valence electrons. The van der Waals surface area contributed by atoms with Gasteiger partial charge in [0.15, 0.2) is 5.78 Å². The number of rotatable bonds is 8. The van der Waals surface area contributed by atoms with Gasteiger partial charge in [0.2, 0.25) is 5.91 Å². The summed E-state index contributed by atoms with van der Waals surface area (Å²) in [4.78, 5) is 41.3. The summed E-state index contributed by atoms with van der Waals surface area (Å²) >= 11 is 0. The molecule has 0 spiro atoms. The van der Waals surface area contributed by atoms with Crippen molar-refractivity contribution in [2.45, 2.75) is 139 Å². The van der Waals surface area contributed by atoms with Crippen LogP contribution in [0.3, 0.4) is 0 Å². The van der Waals surface area contributed by atoms with Gasteiger partial charge in [0.25, 0.3) is 0 Å². The van der Waals surface area contributed by atoms with Crippen LogP contribution in [0.1, 0.15) is 132 Å². The lowest BCUT2D eigenvalue weighted by Crippen LogP contribution is -2.69. The number of unbranched alkanes of at least 4 members (excludes halogenated alkanes) is 3. The fraction of sp³-hybridized carbons (Fsp3) is 0.868. The van der Waals surface area contributed by atoms with E-state index in [4.69, 9.17) is 10.5 Å². The van der Waals surface area contributed by atoms with Gasteiger partial charge in [0, 0.05) is 19.4 Å². The molecule has 6 nitrogen and oxygen atoms in total. The zero-order chi connectivity index (χ0) is 32.3. The average molecular weight is 611 g/mol. The van der Waals surface area contributed by atoms with Crippen LogP contribution < -0.4 is 11.1 Å². The third-order valence-electron chi connectivity index (χ3n) is 15.0. The Morgan fingerprint density at radius 2 is 1.64 bits per heavy atom. The molecule has 0 aromatic heterocycles. The lowest BCUT2D eigenvalue weighted by molar-refractivity contribution is -0.214.